The van der Waals surface area contributed by atoms with Gasteiger partial charge >= 0.3 is 0 Å². The number of pyridine rings is 1. The Morgan fingerprint density at radius 3 is 2.68 bits per heavy atom. The molecule has 1 heterocycles. The lowest BCUT2D eigenvalue weighted by atomic mass is 10.1. The largest absolute Gasteiger partial charge is 0.497 e. The number of hydrogen-bond acceptors (Lipinski definition) is 3. The molecular weight excluding hydrogens is 280 g/mol. The van der Waals surface area contributed by atoms with E-state index in [2.05, 4.69) is 5.32 Å². The fourth-order valence-corrected chi connectivity index (χ4v) is 2.32. The van der Waals surface area contributed by atoms with Crippen LogP contribution in [0.25, 0.3) is 10.9 Å². The first kappa shape index (κ1) is 16.1. The zero-order valence-electron chi connectivity index (χ0n) is 13.5. The van der Waals surface area contributed by atoms with Crippen molar-refractivity contribution in [3.05, 3.63) is 40.2 Å². The highest BCUT2D eigenvalue weighted by Gasteiger charge is 2.15. The van der Waals surface area contributed by atoms with Crippen molar-refractivity contribution in [3.8, 4) is 5.75 Å². The van der Waals surface area contributed by atoms with E-state index in [1.54, 1.807) is 19.4 Å². The number of carbonyl (C=O) groups is 1. The number of methoxy groups -OCH3 is 1. The lowest BCUT2D eigenvalue weighted by molar-refractivity contribution is 0.0947. The van der Waals surface area contributed by atoms with Crippen LogP contribution in [0.1, 0.15) is 31.1 Å². The van der Waals surface area contributed by atoms with Gasteiger partial charge in [0.05, 0.1) is 18.0 Å². The van der Waals surface area contributed by atoms with E-state index in [9.17, 15) is 9.59 Å². The Hall–Kier alpha value is -2.30. The van der Waals surface area contributed by atoms with Crippen LogP contribution in [0.15, 0.2) is 29.2 Å². The smallest absolute Gasteiger partial charge is 0.256 e. The first-order chi connectivity index (χ1) is 10.5. The van der Waals surface area contributed by atoms with Crippen molar-refractivity contribution in [1.29, 1.82) is 0 Å². The third-order valence-corrected chi connectivity index (χ3v) is 3.54. The van der Waals surface area contributed by atoms with Gasteiger partial charge in [0.15, 0.2) is 0 Å². The van der Waals surface area contributed by atoms with Gasteiger partial charge in [-0.15, -0.1) is 0 Å². The molecule has 5 heteroatoms. The minimum atomic E-state index is -0.328. The summed E-state index contributed by atoms with van der Waals surface area (Å²) >= 11 is 0. The van der Waals surface area contributed by atoms with Crippen LogP contribution >= 0.6 is 0 Å². The second-order valence-corrected chi connectivity index (χ2v) is 5.64. The highest BCUT2D eigenvalue weighted by atomic mass is 16.5. The highest BCUT2D eigenvalue weighted by molar-refractivity contribution is 5.97. The summed E-state index contributed by atoms with van der Waals surface area (Å²) in [7, 11) is 1.55. The maximum absolute atomic E-state index is 12.6. The molecule has 2 aromatic rings. The Labute approximate surface area is 129 Å². The number of nitrogens with zero attached hydrogens (tertiary/aromatic N) is 1. The van der Waals surface area contributed by atoms with E-state index in [1.807, 2.05) is 37.5 Å². The summed E-state index contributed by atoms with van der Waals surface area (Å²) in [5.41, 5.74) is 0.705. The van der Waals surface area contributed by atoms with Crippen molar-refractivity contribution in [3.63, 3.8) is 0 Å². The molecule has 0 unspecified atom stereocenters. The first-order valence-electron chi connectivity index (χ1n) is 7.47. The number of benzene rings is 1. The Bertz CT molecular complexity index is 747. The Kier molecular flexibility index (Phi) is 4.85. The van der Waals surface area contributed by atoms with Crippen molar-refractivity contribution in [2.75, 3.05) is 13.7 Å². The standard InChI is InChI=1S/C17H22N2O3/c1-5-19-10-14(17(21)18-9-11(2)3)16(20)13-8-12(22-4)6-7-15(13)19/h6-8,10-11H,5,9H2,1-4H3,(H,18,21). The molecule has 0 bridgehead atoms. The topological polar surface area (TPSA) is 60.3 Å². The lowest BCUT2D eigenvalue weighted by Crippen LogP contribution is -2.32. The molecule has 0 saturated heterocycles. The first-order valence-corrected chi connectivity index (χ1v) is 7.47. The molecule has 0 spiro atoms. The predicted octanol–water partition coefficient (Wildman–Crippen LogP) is 2.42. The number of amides is 1. The highest BCUT2D eigenvalue weighted by Crippen LogP contribution is 2.19. The summed E-state index contributed by atoms with van der Waals surface area (Å²) in [5, 5.41) is 3.30. The molecule has 0 radical (unpaired) electrons. The summed E-state index contributed by atoms with van der Waals surface area (Å²) in [6, 6.07) is 5.34. The Balaban J connectivity index is 2.57. The van der Waals surface area contributed by atoms with E-state index in [0.29, 0.717) is 30.1 Å². The number of aromatic nitrogens is 1. The average Bonchev–Trinajstić information content (AvgIpc) is 2.52. The molecule has 1 amide bonds. The molecule has 1 aromatic carbocycles. The van der Waals surface area contributed by atoms with E-state index in [1.165, 1.54) is 0 Å². The van der Waals surface area contributed by atoms with E-state index in [0.717, 1.165) is 5.52 Å². The van der Waals surface area contributed by atoms with Crippen molar-refractivity contribution in [2.24, 2.45) is 5.92 Å². The van der Waals surface area contributed by atoms with Gasteiger partial charge in [0, 0.05) is 19.3 Å². The molecular formula is C17H22N2O3. The van der Waals surface area contributed by atoms with Crippen LogP contribution in [-0.2, 0) is 6.54 Å². The van der Waals surface area contributed by atoms with E-state index in [-0.39, 0.29) is 16.9 Å². The van der Waals surface area contributed by atoms with Crippen molar-refractivity contribution in [2.45, 2.75) is 27.3 Å². The van der Waals surface area contributed by atoms with Crippen molar-refractivity contribution >= 4 is 16.8 Å². The SMILES string of the molecule is CCn1cc(C(=O)NCC(C)C)c(=O)c2cc(OC)ccc21. The monoisotopic (exact) mass is 302 g/mol. The average molecular weight is 302 g/mol. The molecule has 0 saturated carbocycles. The molecule has 1 N–H and O–H groups in total. The maximum Gasteiger partial charge on any atom is 0.256 e. The van der Waals surface area contributed by atoms with Crippen LogP contribution in [0.2, 0.25) is 0 Å². The summed E-state index contributed by atoms with van der Waals surface area (Å²) in [6.45, 7) is 7.21. The van der Waals surface area contributed by atoms with Gasteiger partial charge in [0.2, 0.25) is 5.43 Å². The van der Waals surface area contributed by atoms with Crippen molar-refractivity contribution < 1.29 is 9.53 Å². The molecule has 22 heavy (non-hydrogen) atoms. The summed E-state index contributed by atoms with van der Waals surface area (Å²) in [4.78, 5) is 24.9. The van der Waals surface area contributed by atoms with Crippen molar-refractivity contribution in [1.82, 2.24) is 9.88 Å². The molecule has 118 valence electrons. The molecule has 0 fully saturated rings. The quantitative estimate of drug-likeness (QED) is 0.922. The number of aryl methyl sites for hydroxylation is 1. The van der Waals surface area contributed by atoms with Crippen LogP contribution in [0, 0.1) is 5.92 Å². The number of carbonyl (C=O) groups excluding carboxylic acids is 1. The summed E-state index contributed by atoms with van der Waals surface area (Å²) in [6.07, 6.45) is 1.63. The zero-order chi connectivity index (χ0) is 16.3. The minimum Gasteiger partial charge on any atom is -0.497 e. The summed E-state index contributed by atoms with van der Waals surface area (Å²) < 4.78 is 7.08. The van der Waals surface area contributed by atoms with Gasteiger partial charge in [-0.05, 0) is 31.0 Å². The number of ether oxygens (including phenoxy) is 1. The number of rotatable bonds is 5. The third kappa shape index (κ3) is 3.13. The number of fused-ring (bicyclic) bond motifs is 1. The molecule has 0 aliphatic heterocycles. The van der Waals surface area contributed by atoms with Crippen LogP contribution in [-0.4, -0.2) is 24.1 Å². The van der Waals surface area contributed by atoms with Gasteiger partial charge in [-0.1, -0.05) is 13.8 Å². The van der Waals surface area contributed by atoms with Gasteiger partial charge in [0.1, 0.15) is 11.3 Å². The third-order valence-electron chi connectivity index (χ3n) is 3.54. The van der Waals surface area contributed by atoms with Crippen LogP contribution in [0.4, 0.5) is 0 Å². The normalized spacial score (nSPS) is 11.0. The number of nitrogens with one attached hydrogen (secondary N) is 1. The molecule has 0 aliphatic rings. The fourth-order valence-electron chi connectivity index (χ4n) is 2.32. The second-order valence-electron chi connectivity index (χ2n) is 5.64. The maximum atomic E-state index is 12.6. The molecule has 5 nitrogen and oxygen atoms in total. The second kappa shape index (κ2) is 6.64. The Morgan fingerprint density at radius 1 is 1.36 bits per heavy atom. The lowest BCUT2D eigenvalue weighted by Gasteiger charge is -2.13. The summed E-state index contributed by atoms with van der Waals surface area (Å²) in [5.74, 6) is 0.607. The molecule has 0 atom stereocenters. The fraction of sp³-hybridized carbons (Fsp3) is 0.412. The molecule has 0 aliphatic carbocycles. The van der Waals surface area contributed by atoms with Gasteiger partial charge in [-0.2, -0.15) is 0 Å². The van der Waals surface area contributed by atoms with E-state index >= 15 is 0 Å². The predicted molar refractivity (Wildman–Crippen MR) is 87.6 cm³/mol. The Morgan fingerprint density at radius 2 is 2.09 bits per heavy atom. The van der Waals surface area contributed by atoms with Crippen LogP contribution < -0.4 is 15.5 Å². The van der Waals surface area contributed by atoms with Gasteiger partial charge in [0.25, 0.3) is 5.91 Å². The zero-order valence-corrected chi connectivity index (χ0v) is 13.5. The number of hydrogen-bond donors (Lipinski definition) is 1. The van der Waals surface area contributed by atoms with E-state index < -0.39 is 0 Å². The van der Waals surface area contributed by atoms with E-state index in [4.69, 9.17) is 4.74 Å². The van der Waals surface area contributed by atoms with Gasteiger partial charge < -0.3 is 14.6 Å². The van der Waals surface area contributed by atoms with Crippen LogP contribution in [0.5, 0.6) is 5.75 Å². The van der Waals surface area contributed by atoms with Crippen LogP contribution in [0.3, 0.4) is 0 Å². The van der Waals surface area contributed by atoms with Gasteiger partial charge in [-0.3, -0.25) is 9.59 Å². The molecule has 1 aromatic heterocycles. The minimum absolute atomic E-state index is 0.170. The van der Waals surface area contributed by atoms with Gasteiger partial charge in [-0.25, -0.2) is 0 Å². The molecule has 2 rings (SSSR count).